The predicted molar refractivity (Wildman–Crippen MR) is 72.2 cm³/mol. The van der Waals surface area contributed by atoms with E-state index in [0.29, 0.717) is 11.5 Å². The van der Waals surface area contributed by atoms with Crippen LogP contribution in [0.4, 0.5) is 5.69 Å². The van der Waals surface area contributed by atoms with Crippen molar-refractivity contribution in [1.82, 2.24) is 0 Å². The van der Waals surface area contributed by atoms with Crippen molar-refractivity contribution in [2.24, 2.45) is 0 Å². The minimum atomic E-state index is -0.752. The van der Waals surface area contributed by atoms with E-state index in [0.717, 1.165) is 25.1 Å². The molecule has 1 aromatic carbocycles. The largest absolute Gasteiger partial charge is 0.493 e. The molecule has 1 aliphatic rings. The van der Waals surface area contributed by atoms with E-state index >= 15 is 0 Å². The van der Waals surface area contributed by atoms with Gasteiger partial charge in [0.2, 0.25) is 0 Å². The van der Waals surface area contributed by atoms with E-state index in [9.17, 15) is 4.79 Å². The molecule has 0 spiro atoms. The Morgan fingerprint density at radius 1 is 1.37 bits per heavy atom. The lowest BCUT2D eigenvalue weighted by molar-refractivity contribution is -0.137. The maximum Gasteiger partial charge on any atom is 0.305 e. The van der Waals surface area contributed by atoms with Gasteiger partial charge in [0, 0.05) is 24.3 Å². The summed E-state index contributed by atoms with van der Waals surface area (Å²) in [5.74, 6) is 0.596. The fourth-order valence-electron chi connectivity index (χ4n) is 2.59. The Morgan fingerprint density at radius 2 is 2.11 bits per heavy atom. The zero-order chi connectivity index (χ0) is 13.8. The van der Waals surface area contributed by atoms with Crippen molar-refractivity contribution in [3.63, 3.8) is 0 Å². The van der Waals surface area contributed by atoms with E-state index in [1.165, 1.54) is 0 Å². The van der Waals surface area contributed by atoms with Crippen LogP contribution in [0.15, 0.2) is 18.2 Å². The Morgan fingerprint density at radius 3 is 2.74 bits per heavy atom. The highest BCUT2D eigenvalue weighted by Crippen LogP contribution is 2.35. The van der Waals surface area contributed by atoms with Crippen LogP contribution in [0.1, 0.15) is 19.3 Å². The number of hydrogen-bond donors (Lipinski definition) is 1. The minimum Gasteiger partial charge on any atom is -0.493 e. The zero-order valence-corrected chi connectivity index (χ0v) is 11.3. The topological polar surface area (TPSA) is 59.0 Å². The number of carboxylic acid groups (broad SMARTS) is 1. The first kappa shape index (κ1) is 13.5. The number of nitrogens with zero attached hydrogens (tertiary/aromatic N) is 1. The Labute approximate surface area is 112 Å². The van der Waals surface area contributed by atoms with Crippen LogP contribution in [0.2, 0.25) is 0 Å². The van der Waals surface area contributed by atoms with Gasteiger partial charge in [-0.3, -0.25) is 4.79 Å². The summed E-state index contributed by atoms with van der Waals surface area (Å²) in [7, 11) is 3.20. The second kappa shape index (κ2) is 5.82. The van der Waals surface area contributed by atoms with Crippen LogP contribution in [0.25, 0.3) is 0 Å². The first-order valence-electron chi connectivity index (χ1n) is 6.36. The van der Waals surface area contributed by atoms with Gasteiger partial charge in [-0.15, -0.1) is 0 Å². The maximum absolute atomic E-state index is 10.9. The standard InChI is InChI=1S/C14H19NO4/c1-18-12-6-5-11(8-13(12)19-2)15-7-3-4-10(15)9-14(16)17/h5-6,8,10H,3-4,7,9H2,1-2H3,(H,16,17). The van der Waals surface area contributed by atoms with Crippen molar-refractivity contribution in [3.05, 3.63) is 18.2 Å². The molecule has 1 unspecified atom stereocenters. The Hall–Kier alpha value is -1.91. The summed E-state index contributed by atoms with van der Waals surface area (Å²) in [6.07, 6.45) is 2.11. The molecule has 0 aliphatic carbocycles. The number of anilines is 1. The number of aliphatic carboxylic acids is 1. The van der Waals surface area contributed by atoms with Crippen molar-refractivity contribution >= 4 is 11.7 Å². The summed E-state index contributed by atoms with van der Waals surface area (Å²) in [4.78, 5) is 13.0. The monoisotopic (exact) mass is 265 g/mol. The number of methoxy groups -OCH3 is 2. The molecule has 2 rings (SSSR count). The Bertz CT molecular complexity index is 461. The lowest BCUT2D eigenvalue weighted by Crippen LogP contribution is -2.31. The normalized spacial score (nSPS) is 18.4. The second-order valence-electron chi connectivity index (χ2n) is 4.63. The van der Waals surface area contributed by atoms with Gasteiger partial charge in [0.15, 0.2) is 11.5 Å². The van der Waals surface area contributed by atoms with Crippen LogP contribution in [0.3, 0.4) is 0 Å². The van der Waals surface area contributed by atoms with E-state index < -0.39 is 5.97 Å². The Kier molecular flexibility index (Phi) is 4.14. The summed E-state index contributed by atoms with van der Waals surface area (Å²) >= 11 is 0. The van der Waals surface area contributed by atoms with Crippen molar-refractivity contribution < 1.29 is 19.4 Å². The van der Waals surface area contributed by atoms with Crippen molar-refractivity contribution in [2.75, 3.05) is 25.7 Å². The lowest BCUT2D eigenvalue weighted by Gasteiger charge is -2.26. The zero-order valence-electron chi connectivity index (χ0n) is 11.3. The molecule has 5 nitrogen and oxygen atoms in total. The van der Waals surface area contributed by atoms with Crippen LogP contribution in [-0.2, 0) is 4.79 Å². The summed E-state index contributed by atoms with van der Waals surface area (Å²) in [5, 5.41) is 8.95. The molecule has 0 aromatic heterocycles. The van der Waals surface area contributed by atoms with Crippen molar-refractivity contribution in [3.8, 4) is 11.5 Å². The van der Waals surface area contributed by atoms with Crippen LogP contribution < -0.4 is 14.4 Å². The van der Waals surface area contributed by atoms with Crippen molar-refractivity contribution in [1.29, 1.82) is 0 Å². The first-order chi connectivity index (χ1) is 9.15. The summed E-state index contributed by atoms with van der Waals surface area (Å²) in [6, 6.07) is 5.76. The molecule has 0 amide bonds. The second-order valence-corrected chi connectivity index (χ2v) is 4.63. The van der Waals surface area contributed by atoms with E-state index in [2.05, 4.69) is 4.90 Å². The average Bonchev–Trinajstić information content (AvgIpc) is 2.85. The molecule has 5 heteroatoms. The molecule has 0 saturated carbocycles. The van der Waals surface area contributed by atoms with Crippen molar-refractivity contribution in [2.45, 2.75) is 25.3 Å². The molecule has 1 aliphatic heterocycles. The van der Waals surface area contributed by atoms with Crippen LogP contribution >= 0.6 is 0 Å². The third-order valence-corrected chi connectivity index (χ3v) is 3.49. The van der Waals surface area contributed by atoms with E-state index in [-0.39, 0.29) is 12.5 Å². The molecule has 0 radical (unpaired) electrons. The molecule has 1 N–H and O–H groups in total. The Balaban J connectivity index is 2.23. The highest BCUT2D eigenvalue weighted by atomic mass is 16.5. The number of hydrogen-bond acceptors (Lipinski definition) is 4. The number of carboxylic acids is 1. The fourth-order valence-corrected chi connectivity index (χ4v) is 2.59. The minimum absolute atomic E-state index is 0.0654. The summed E-state index contributed by atoms with van der Waals surface area (Å²) < 4.78 is 10.5. The summed E-state index contributed by atoms with van der Waals surface area (Å²) in [5.41, 5.74) is 0.987. The highest BCUT2D eigenvalue weighted by Gasteiger charge is 2.27. The molecule has 1 atom stereocenters. The maximum atomic E-state index is 10.9. The number of ether oxygens (including phenoxy) is 2. The molecule has 0 bridgehead atoms. The number of benzene rings is 1. The SMILES string of the molecule is COc1ccc(N2CCCC2CC(=O)O)cc1OC. The van der Waals surface area contributed by atoms with E-state index in [4.69, 9.17) is 14.6 Å². The van der Waals surface area contributed by atoms with Crippen LogP contribution in [0.5, 0.6) is 11.5 Å². The van der Waals surface area contributed by atoms with Gasteiger partial charge in [-0.1, -0.05) is 0 Å². The molecule has 1 heterocycles. The van der Waals surface area contributed by atoms with Crippen LogP contribution in [-0.4, -0.2) is 37.9 Å². The molecule has 1 saturated heterocycles. The first-order valence-corrected chi connectivity index (χ1v) is 6.36. The third-order valence-electron chi connectivity index (χ3n) is 3.49. The van der Waals surface area contributed by atoms with Gasteiger partial charge in [0.25, 0.3) is 0 Å². The molecule has 1 aromatic rings. The number of carbonyl (C=O) groups is 1. The highest BCUT2D eigenvalue weighted by molar-refractivity contribution is 5.69. The fraction of sp³-hybridized carbons (Fsp3) is 0.500. The quantitative estimate of drug-likeness (QED) is 0.884. The van der Waals surface area contributed by atoms with Gasteiger partial charge in [0.1, 0.15) is 0 Å². The molecule has 1 fully saturated rings. The molecule has 104 valence electrons. The van der Waals surface area contributed by atoms with Gasteiger partial charge in [-0.05, 0) is 25.0 Å². The molecular formula is C14H19NO4. The van der Waals surface area contributed by atoms with Crippen LogP contribution in [0, 0.1) is 0 Å². The lowest BCUT2D eigenvalue weighted by atomic mass is 10.1. The van der Waals surface area contributed by atoms with E-state index in [1.807, 2.05) is 18.2 Å². The summed E-state index contributed by atoms with van der Waals surface area (Å²) in [6.45, 7) is 0.882. The van der Waals surface area contributed by atoms with Gasteiger partial charge in [-0.25, -0.2) is 0 Å². The number of rotatable bonds is 5. The average molecular weight is 265 g/mol. The smallest absolute Gasteiger partial charge is 0.305 e. The predicted octanol–water partition coefficient (Wildman–Crippen LogP) is 2.15. The van der Waals surface area contributed by atoms with Gasteiger partial charge in [0.05, 0.1) is 20.6 Å². The van der Waals surface area contributed by atoms with E-state index in [1.54, 1.807) is 14.2 Å². The van der Waals surface area contributed by atoms with Gasteiger partial charge >= 0.3 is 5.97 Å². The van der Waals surface area contributed by atoms with Gasteiger partial charge in [-0.2, -0.15) is 0 Å². The molecule has 19 heavy (non-hydrogen) atoms. The molecular weight excluding hydrogens is 246 g/mol. The third kappa shape index (κ3) is 2.92. The van der Waals surface area contributed by atoms with Gasteiger partial charge < -0.3 is 19.5 Å².